The molecule has 0 bridgehead atoms. The number of aromatic nitrogens is 3. The van der Waals surface area contributed by atoms with Crippen molar-refractivity contribution in [2.45, 2.75) is 39.5 Å². The molecule has 47 heavy (non-hydrogen) atoms. The molecule has 1 aromatic heterocycles. The Morgan fingerprint density at radius 1 is 1.17 bits per heavy atom. The minimum atomic E-state index is -4.76. The first-order valence-corrected chi connectivity index (χ1v) is 16.7. The number of thiocarbonyl (C=S) groups is 1. The van der Waals surface area contributed by atoms with Gasteiger partial charge in [0.1, 0.15) is 12.1 Å². The van der Waals surface area contributed by atoms with E-state index in [0.29, 0.717) is 40.5 Å². The molecule has 0 saturated carbocycles. The molecule has 3 aromatic carbocycles. The molecule has 1 amide bonds. The van der Waals surface area contributed by atoms with Crippen molar-refractivity contribution in [1.82, 2.24) is 20.1 Å². The Morgan fingerprint density at radius 3 is 2.66 bits per heavy atom. The van der Waals surface area contributed by atoms with Crippen molar-refractivity contribution in [3.8, 4) is 22.8 Å². The highest BCUT2D eigenvalue weighted by molar-refractivity contribution is 9.11. The van der Waals surface area contributed by atoms with E-state index >= 15 is 0 Å². The molecule has 14 heteroatoms. The highest BCUT2D eigenvalue weighted by Gasteiger charge is 2.32. The van der Waals surface area contributed by atoms with Crippen molar-refractivity contribution in [3.05, 3.63) is 94.2 Å². The Morgan fingerprint density at radius 2 is 1.94 bits per heavy atom. The van der Waals surface area contributed by atoms with Crippen molar-refractivity contribution in [2.24, 2.45) is 4.99 Å². The Labute approximate surface area is 288 Å². The lowest BCUT2D eigenvalue weighted by atomic mass is 9.99. The van der Waals surface area contributed by atoms with E-state index in [2.05, 4.69) is 61.0 Å². The average Bonchev–Trinajstić information content (AvgIpc) is 3.64. The lowest BCUT2D eigenvalue weighted by molar-refractivity contribution is -0.274. The summed E-state index contributed by atoms with van der Waals surface area (Å²) in [4.78, 5) is 23.5. The number of nitrogens with zero attached hydrogens (tertiary/aromatic N) is 5. The fraction of sp³-hybridized carbons (Fsp3) is 0.242. The minimum absolute atomic E-state index is 0.0208. The molecule has 4 aromatic rings. The van der Waals surface area contributed by atoms with Crippen molar-refractivity contribution in [1.29, 1.82) is 0 Å². The van der Waals surface area contributed by atoms with Gasteiger partial charge in [-0.05, 0) is 95.1 Å². The van der Waals surface area contributed by atoms with Gasteiger partial charge in [0.2, 0.25) is 5.91 Å². The van der Waals surface area contributed by atoms with Crippen LogP contribution in [0.4, 0.5) is 18.9 Å². The predicted molar refractivity (Wildman–Crippen MR) is 188 cm³/mol. The van der Waals surface area contributed by atoms with Gasteiger partial charge in [0, 0.05) is 12.1 Å². The van der Waals surface area contributed by atoms with Gasteiger partial charge >= 0.3 is 6.36 Å². The lowest BCUT2D eigenvalue weighted by Crippen LogP contribution is -2.32. The maximum Gasteiger partial charge on any atom is 0.573 e. The molecule has 5 rings (SSSR count). The van der Waals surface area contributed by atoms with Crippen LogP contribution in [0, 0.1) is 6.92 Å². The third-order valence-electron chi connectivity index (χ3n) is 6.95. The lowest BCUT2D eigenvalue weighted by Gasteiger charge is -2.22. The molecular weight excluding hydrogens is 713 g/mol. The zero-order valence-corrected chi connectivity index (χ0v) is 28.8. The van der Waals surface area contributed by atoms with Gasteiger partial charge in [0.15, 0.2) is 16.1 Å². The molecule has 0 atom stereocenters. The summed E-state index contributed by atoms with van der Waals surface area (Å²) in [5, 5.41) is 8.52. The monoisotopic (exact) mass is 742 g/mol. The number of carbonyl (C=O) groups excluding carboxylic acids is 1. The van der Waals surface area contributed by atoms with E-state index in [4.69, 9.17) is 12.2 Å². The first-order valence-electron chi connectivity index (χ1n) is 14.5. The average molecular weight is 744 g/mol. The largest absolute Gasteiger partial charge is 0.573 e. The highest BCUT2D eigenvalue weighted by Crippen LogP contribution is 2.34. The standard InChI is InChI=1S/C33H30BrF3N6O2S2/c1-20(2)27-12-7-21(3)15-28(27)43-29(44)18-47-32(43)40-31(46)38-14-13-24(34)17-22-5-4-6-23(16-22)30-39-19-42(41-30)25-8-10-26(11-9-25)45-33(35,36)37/h4-12,15-17,19-20H,13-14,18H2,1-3H3,(H,38,46)/b24-17+,40-32?. The Hall–Kier alpha value is -4.01. The molecule has 2 heterocycles. The van der Waals surface area contributed by atoms with Crippen LogP contribution >= 0.6 is 39.9 Å². The molecule has 1 aliphatic rings. The molecule has 8 nitrogen and oxygen atoms in total. The number of rotatable bonds is 9. The zero-order chi connectivity index (χ0) is 33.7. The molecule has 1 aliphatic heterocycles. The van der Waals surface area contributed by atoms with E-state index in [1.165, 1.54) is 47.0 Å². The number of carbonyl (C=O) groups is 1. The summed E-state index contributed by atoms with van der Waals surface area (Å²) in [6.45, 7) is 6.72. The third-order valence-corrected chi connectivity index (χ3v) is 8.73. The SMILES string of the molecule is Cc1ccc(C(C)C)c(N2C(=O)CSC2=NC(=S)NCC/C(Br)=C\c2cccc(-c3ncn(-c4ccc(OC(F)(F)F)cc4)n3)c2)c1. The zero-order valence-electron chi connectivity index (χ0n) is 25.6. The van der Waals surface area contributed by atoms with Crippen molar-refractivity contribution < 1.29 is 22.7 Å². The van der Waals surface area contributed by atoms with Crippen LogP contribution in [0.3, 0.4) is 0 Å². The van der Waals surface area contributed by atoms with Crippen LogP contribution < -0.4 is 15.0 Å². The molecule has 1 saturated heterocycles. The van der Waals surface area contributed by atoms with Crippen LogP contribution in [0.1, 0.15) is 42.9 Å². The highest BCUT2D eigenvalue weighted by atomic mass is 79.9. The smallest absolute Gasteiger partial charge is 0.406 e. The summed E-state index contributed by atoms with van der Waals surface area (Å²) in [5.74, 6) is 0.675. The maximum atomic E-state index is 12.9. The molecule has 1 fully saturated rings. The summed E-state index contributed by atoms with van der Waals surface area (Å²) < 4.78 is 43.7. The van der Waals surface area contributed by atoms with Crippen LogP contribution in [0.2, 0.25) is 0 Å². The van der Waals surface area contributed by atoms with Gasteiger partial charge in [-0.15, -0.1) is 18.3 Å². The summed E-state index contributed by atoms with van der Waals surface area (Å²) in [5.41, 5.74) is 5.21. The van der Waals surface area contributed by atoms with Gasteiger partial charge in [-0.25, -0.2) is 9.67 Å². The van der Waals surface area contributed by atoms with Crippen molar-refractivity contribution >= 4 is 67.9 Å². The summed E-state index contributed by atoms with van der Waals surface area (Å²) in [7, 11) is 0. The van der Waals surface area contributed by atoms with E-state index in [1.54, 1.807) is 4.90 Å². The van der Waals surface area contributed by atoms with Gasteiger partial charge < -0.3 is 10.1 Å². The van der Waals surface area contributed by atoms with Gasteiger partial charge in [-0.1, -0.05) is 71.9 Å². The van der Waals surface area contributed by atoms with Crippen LogP contribution in [0.5, 0.6) is 5.75 Å². The van der Waals surface area contributed by atoms with E-state index in [9.17, 15) is 18.0 Å². The van der Waals surface area contributed by atoms with Crippen LogP contribution in [0.25, 0.3) is 23.2 Å². The second-order valence-electron chi connectivity index (χ2n) is 10.9. The van der Waals surface area contributed by atoms with Gasteiger partial charge in [-0.3, -0.25) is 9.69 Å². The molecular formula is C33H30BrF3N6O2S2. The molecule has 0 spiro atoms. The Balaban J connectivity index is 1.19. The number of alkyl halides is 3. The van der Waals surface area contributed by atoms with E-state index in [1.807, 2.05) is 49.4 Å². The van der Waals surface area contributed by atoms with Crippen LogP contribution in [-0.2, 0) is 4.79 Å². The first-order chi connectivity index (χ1) is 22.4. The maximum absolute atomic E-state index is 12.9. The topological polar surface area (TPSA) is 84.6 Å². The number of anilines is 1. The number of halogens is 4. The van der Waals surface area contributed by atoms with E-state index in [-0.39, 0.29) is 17.6 Å². The first kappa shape index (κ1) is 34.3. The van der Waals surface area contributed by atoms with Gasteiger partial charge in [0.25, 0.3) is 0 Å². The van der Waals surface area contributed by atoms with Crippen LogP contribution in [-0.4, -0.2) is 49.6 Å². The number of hydrogen-bond donors (Lipinski definition) is 1. The summed E-state index contributed by atoms with van der Waals surface area (Å²) in [6.07, 6.45) is -0.654. The summed E-state index contributed by atoms with van der Waals surface area (Å²) >= 11 is 10.5. The summed E-state index contributed by atoms with van der Waals surface area (Å²) in [6, 6.07) is 19.2. The normalized spacial score (nSPS) is 14.7. The molecule has 0 radical (unpaired) electrons. The number of aryl methyl sites for hydroxylation is 1. The number of aliphatic imine (C=N–C) groups is 1. The fourth-order valence-electron chi connectivity index (χ4n) is 4.77. The van der Waals surface area contributed by atoms with Gasteiger partial charge in [0.05, 0.1) is 17.1 Å². The number of benzene rings is 3. The number of ether oxygens (including phenoxy) is 1. The Bertz CT molecular complexity index is 1840. The van der Waals surface area contributed by atoms with E-state index < -0.39 is 6.36 Å². The Kier molecular flexibility index (Phi) is 10.8. The second kappa shape index (κ2) is 14.8. The number of hydrogen-bond acceptors (Lipinski definition) is 6. The van der Waals surface area contributed by atoms with Crippen LogP contribution in [0.15, 0.2) is 82.5 Å². The van der Waals surface area contributed by atoms with Gasteiger partial charge in [-0.2, -0.15) is 4.99 Å². The van der Waals surface area contributed by atoms with Crippen molar-refractivity contribution in [2.75, 3.05) is 17.2 Å². The minimum Gasteiger partial charge on any atom is -0.406 e. The molecule has 0 aliphatic carbocycles. The molecule has 1 N–H and O–H groups in total. The third kappa shape index (κ3) is 9.08. The number of thioether (sulfide) groups is 1. The quantitative estimate of drug-likeness (QED) is 0.173. The van der Waals surface area contributed by atoms with E-state index in [0.717, 1.165) is 32.4 Å². The van der Waals surface area contributed by atoms with Crippen molar-refractivity contribution in [3.63, 3.8) is 0 Å². The fourth-order valence-corrected chi connectivity index (χ4v) is 6.35. The molecule has 0 unspecified atom stereocenters. The number of amides is 1. The number of amidine groups is 1. The number of nitrogens with one attached hydrogen (secondary N) is 1. The predicted octanol–water partition coefficient (Wildman–Crippen LogP) is 8.40. The second-order valence-corrected chi connectivity index (χ2v) is 13.2. The molecule has 244 valence electrons.